The first kappa shape index (κ1) is 16.1. The van der Waals surface area contributed by atoms with Crippen LogP contribution in [0.15, 0.2) is 30.3 Å². The number of carboxylic acid groups (broad SMARTS) is 1. The van der Waals surface area contributed by atoms with Gasteiger partial charge in [0.05, 0.1) is 12.2 Å². The van der Waals surface area contributed by atoms with Gasteiger partial charge in [0.1, 0.15) is 12.7 Å². The molecule has 1 rings (SSSR count). The van der Waals surface area contributed by atoms with Crippen LogP contribution < -0.4 is 0 Å². The molecule has 100 valence electrons. The predicted molar refractivity (Wildman–Crippen MR) is 63.1 cm³/mol. The van der Waals surface area contributed by atoms with E-state index < -0.39 is 18.0 Å². The van der Waals surface area contributed by atoms with E-state index in [1.54, 1.807) is 30.3 Å². The Labute approximate surface area is 104 Å². The van der Waals surface area contributed by atoms with Crippen LogP contribution in [0, 0.1) is 0 Å². The maximum atomic E-state index is 10.2. The highest BCUT2D eigenvalue weighted by Gasteiger charge is 2.02. The van der Waals surface area contributed by atoms with Crippen molar-refractivity contribution in [1.82, 2.24) is 0 Å². The molecule has 18 heavy (non-hydrogen) atoms. The van der Waals surface area contributed by atoms with Crippen LogP contribution in [0.5, 0.6) is 0 Å². The molecular weight excluding hydrogens is 240 g/mol. The molecule has 0 saturated carbocycles. The number of hydrogen-bond donors (Lipinski definition) is 3. The number of aromatic carboxylic acids is 1. The highest BCUT2D eigenvalue weighted by atomic mass is 16.5. The second-order valence-electron chi connectivity index (χ2n) is 3.31. The third-order valence-corrected chi connectivity index (χ3v) is 1.71. The van der Waals surface area contributed by atoms with Gasteiger partial charge in [0.25, 0.3) is 0 Å². The lowest BCUT2D eigenvalue weighted by Crippen LogP contribution is -2.20. The molecule has 0 aliphatic heterocycles. The van der Waals surface area contributed by atoms with Gasteiger partial charge >= 0.3 is 11.9 Å². The fourth-order valence-electron chi connectivity index (χ4n) is 0.847. The molecule has 1 aromatic rings. The molecule has 0 aliphatic rings. The van der Waals surface area contributed by atoms with Crippen molar-refractivity contribution < 1.29 is 29.6 Å². The van der Waals surface area contributed by atoms with E-state index >= 15 is 0 Å². The molecule has 0 saturated heterocycles. The third kappa shape index (κ3) is 8.26. The summed E-state index contributed by atoms with van der Waals surface area (Å²) < 4.78 is 4.35. The summed E-state index contributed by atoms with van der Waals surface area (Å²) in [7, 11) is 0. The molecular formula is C12H16O6. The number of carboxylic acids is 1. The van der Waals surface area contributed by atoms with Gasteiger partial charge in [-0.15, -0.1) is 0 Å². The number of hydrogen-bond acceptors (Lipinski definition) is 5. The number of esters is 1. The monoisotopic (exact) mass is 256 g/mol. The molecule has 6 heteroatoms. The molecule has 0 bridgehead atoms. The number of rotatable bonds is 4. The lowest BCUT2D eigenvalue weighted by molar-refractivity contribution is -0.144. The van der Waals surface area contributed by atoms with E-state index in [4.69, 9.17) is 15.3 Å². The van der Waals surface area contributed by atoms with E-state index in [1.807, 2.05) is 0 Å². The van der Waals surface area contributed by atoms with Gasteiger partial charge in [-0.1, -0.05) is 18.2 Å². The van der Waals surface area contributed by atoms with Gasteiger partial charge in [-0.3, -0.25) is 4.79 Å². The molecule has 0 aliphatic carbocycles. The van der Waals surface area contributed by atoms with Gasteiger partial charge in [-0.2, -0.15) is 0 Å². The SMILES string of the molecule is CC(=O)OCC(O)CO.O=C(O)c1ccccc1. The number of aliphatic hydroxyl groups is 2. The fourth-order valence-corrected chi connectivity index (χ4v) is 0.847. The first-order valence-corrected chi connectivity index (χ1v) is 5.18. The minimum Gasteiger partial charge on any atom is -0.478 e. The van der Waals surface area contributed by atoms with Crippen molar-refractivity contribution in [2.45, 2.75) is 13.0 Å². The largest absolute Gasteiger partial charge is 0.478 e. The predicted octanol–water partition coefficient (Wildman–Crippen LogP) is 0.287. The van der Waals surface area contributed by atoms with Crippen LogP contribution in [0.1, 0.15) is 17.3 Å². The Morgan fingerprint density at radius 3 is 2.17 bits per heavy atom. The van der Waals surface area contributed by atoms with E-state index in [-0.39, 0.29) is 13.2 Å². The first-order chi connectivity index (χ1) is 8.47. The van der Waals surface area contributed by atoms with Crippen LogP contribution in [-0.2, 0) is 9.53 Å². The van der Waals surface area contributed by atoms with Gasteiger partial charge < -0.3 is 20.1 Å². The number of carbonyl (C=O) groups excluding carboxylic acids is 1. The minimum atomic E-state index is -0.950. The first-order valence-electron chi connectivity index (χ1n) is 5.18. The number of carbonyl (C=O) groups is 2. The van der Waals surface area contributed by atoms with Crippen LogP contribution in [-0.4, -0.2) is 46.6 Å². The molecule has 0 heterocycles. The van der Waals surface area contributed by atoms with Crippen molar-refractivity contribution in [1.29, 1.82) is 0 Å². The molecule has 6 nitrogen and oxygen atoms in total. The Morgan fingerprint density at radius 1 is 1.28 bits per heavy atom. The zero-order valence-corrected chi connectivity index (χ0v) is 9.94. The highest BCUT2D eigenvalue weighted by molar-refractivity contribution is 5.87. The fraction of sp³-hybridized carbons (Fsp3) is 0.333. The van der Waals surface area contributed by atoms with Gasteiger partial charge in [-0.25, -0.2) is 4.79 Å². The van der Waals surface area contributed by atoms with Gasteiger partial charge in [0, 0.05) is 6.92 Å². The molecule has 0 spiro atoms. The summed E-state index contributed by atoms with van der Waals surface area (Å²) in [5.74, 6) is -1.34. The topological polar surface area (TPSA) is 104 Å². The maximum Gasteiger partial charge on any atom is 0.335 e. The summed E-state index contributed by atoms with van der Waals surface area (Å²) in [6.07, 6.45) is -0.950. The quantitative estimate of drug-likeness (QED) is 0.669. The zero-order chi connectivity index (χ0) is 14.0. The van der Waals surface area contributed by atoms with Gasteiger partial charge in [-0.05, 0) is 12.1 Å². The molecule has 0 aromatic heterocycles. The Hall–Kier alpha value is -1.92. The van der Waals surface area contributed by atoms with Crippen molar-refractivity contribution in [2.75, 3.05) is 13.2 Å². The number of aliphatic hydroxyl groups excluding tert-OH is 2. The molecule has 0 fully saturated rings. The summed E-state index contributed by atoms with van der Waals surface area (Å²) >= 11 is 0. The Kier molecular flexibility index (Phi) is 8.17. The Bertz CT molecular complexity index is 362. The van der Waals surface area contributed by atoms with Crippen LogP contribution in [0.2, 0.25) is 0 Å². The van der Waals surface area contributed by atoms with Crippen molar-refractivity contribution in [3.05, 3.63) is 35.9 Å². The van der Waals surface area contributed by atoms with Crippen molar-refractivity contribution in [2.24, 2.45) is 0 Å². The average molecular weight is 256 g/mol. The number of benzene rings is 1. The van der Waals surface area contributed by atoms with Crippen LogP contribution in [0.3, 0.4) is 0 Å². The normalized spacial score (nSPS) is 10.8. The van der Waals surface area contributed by atoms with Crippen LogP contribution in [0.4, 0.5) is 0 Å². The third-order valence-electron chi connectivity index (χ3n) is 1.71. The second-order valence-corrected chi connectivity index (χ2v) is 3.31. The van der Waals surface area contributed by atoms with Crippen molar-refractivity contribution >= 4 is 11.9 Å². The van der Waals surface area contributed by atoms with E-state index in [1.165, 1.54) is 6.92 Å². The van der Waals surface area contributed by atoms with E-state index in [0.717, 1.165) is 0 Å². The smallest absolute Gasteiger partial charge is 0.335 e. The van der Waals surface area contributed by atoms with E-state index in [0.29, 0.717) is 5.56 Å². The lowest BCUT2D eigenvalue weighted by atomic mass is 10.2. The molecule has 0 radical (unpaired) electrons. The summed E-state index contributed by atoms with van der Waals surface area (Å²) in [6.45, 7) is 0.725. The molecule has 3 N–H and O–H groups in total. The summed E-state index contributed by atoms with van der Waals surface area (Å²) in [5.41, 5.74) is 0.331. The molecule has 1 aromatic carbocycles. The van der Waals surface area contributed by atoms with Crippen LogP contribution >= 0.6 is 0 Å². The minimum absolute atomic E-state index is 0.133. The standard InChI is InChI=1S/C7H6O2.C5H10O4/c8-7(9)6-4-2-1-3-5-6;1-4(7)9-3-5(8)2-6/h1-5H,(H,8,9);5-6,8H,2-3H2,1H3. The summed E-state index contributed by atoms with van der Waals surface area (Å²) in [6, 6.07) is 8.30. The average Bonchev–Trinajstić information content (AvgIpc) is 2.37. The highest BCUT2D eigenvalue weighted by Crippen LogP contribution is 1.96. The second kappa shape index (κ2) is 9.15. The maximum absolute atomic E-state index is 10.2. The van der Waals surface area contributed by atoms with Crippen molar-refractivity contribution in [3.63, 3.8) is 0 Å². The zero-order valence-electron chi connectivity index (χ0n) is 9.94. The summed E-state index contributed by atoms with van der Waals surface area (Å²) in [5, 5.41) is 25.2. The van der Waals surface area contributed by atoms with Gasteiger partial charge in [0.2, 0.25) is 0 Å². The molecule has 1 unspecified atom stereocenters. The van der Waals surface area contributed by atoms with Gasteiger partial charge in [0.15, 0.2) is 0 Å². The van der Waals surface area contributed by atoms with Crippen LogP contribution in [0.25, 0.3) is 0 Å². The number of ether oxygens (including phenoxy) is 1. The molecule has 0 amide bonds. The van der Waals surface area contributed by atoms with E-state index in [2.05, 4.69) is 4.74 Å². The lowest BCUT2D eigenvalue weighted by Gasteiger charge is -2.05. The summed E-state index contributed by atoms with van der Waals surface area (Å²) in [4.78, 5) is 20.3. The molecule has 1 atom stereocenters. The van der Waals surface area contributed by atoms with Crippen molar-refractivity contribution in [3.8, 4) is 0 Å². The van der Waals surface area contributed by atoms with E-state index in [9.17, 15) is 9.59 Å². The Balaban J connectivity index is 0.000000321. The Morgan fingerprint density at radius 2 is 1.83 bits per heavy atom.